The van der Waals surface area contributed by atoms with E-state index in [1.807, 2.05) is 13.8 Å². The highest BCUT2D eigenvalue weighted by molar-refractivity contribution is 5.95. The summed E-state index contributed by atoms with van der Waals surface area (Å²) in [5.41, 5.74) is 6.51. The summed E-state index contributed by atoms with van der Waals surface area (Å²) < 4.78 is 0. The average Bonchev–Trinajstić information content (AvgIpc) is 3.25. The number of carboxylic acids is 1. The number of carboxylic acid groups (broad SMARTS) is 1. The largest absolute Gasteiger partial charge is 0.480 e. The van der Waals surface area contributed by atoms with Gasteiger partial charge in [0.2, 0.25) is 23.6 Å². The van der Waals surface area contributed by atoms with Crippen molar-refractivity contribution >= 4 is 29.6 Å². The van der Waals surface area contributed by atoms with Crippen LogP contribution in [0.2, 0.25) is 0 Å². The van der Waals surface area contributed by atoms with Crippen LogP contribution < -0.4 is 27.0 Å². The Hall–Kier alpha value is -3.48. The maximum absolute atomic E-state index is 12.4. The first-order valence-corrected chi connectivity index (χ1v) is 11.0. The number of aliphatic carboxylic acids is 1. The number of H-pyrrole nitrogens is 1. The number of carbonyl (C=O) groups is 5. The fourth-order valence-electron chi connectivity index (χ4n) is 2.91. The Labute approximate surface area is 198 Å². The normalized spacial score (nSPS) is 15.4. The smallest absolute Gasteiger partial charge is 0.326 e. The van der Waals surface area contributed by atoms with Crippen molar-refractivity contribution in [1.29, 1.82) is 0 Å². The van der Waals surface area contributed by atoms with Gasteiger partial charge in [0, 0.05) is 18.3 Å². The fourth-order valence-corrected chi connectivity index (χ4v) is 2.91. The molecule has 0 aliphatic carbocycles. The Bertz CT molecular complexity index is 858. The summed E-state index contributed by atoms with van der Waals surface area (Å²) in [4.78, 5) is 67.2. The second kappa shape index (κ2) is 13.3. The van der Waals surface area contributed by atoms with Gasteiger partial charge in [0.1, 0.15) is 24.2 Å². The van der Waals surface area contributed by atoms with Gasteiger partial charge in [0.25, 0.3) is 0 Å². The minimum absolute atomic E-state index is 0.0454. The number of amides is 4. The number of carbonyl (C=O) groups excluding carboxylic acids is 4. The van der Waals surface area contributed by atoms with Gasteiger partial charge < -0.3 is 37.1 Å². The standard InChI is InChI=1S/C21H35N7O6/c1-10(2)6-16(21(33)34)28-19(31)13(5)26-17(29)11(3)25-18(30)12(4)27-20(32)15(22)7-14-8-23-9-24-14/h8-13,15-16H,6-7,22H2,1-5H3,(H,23,24)(H,25,30)(H,26,29)(H,27,32)(H,28,31)(H,33,34)/t11-,12-,13-,15-,16-/m0/s1. The van der Waals surface area contributed by atoms with E-state index < -0.39 is 59.8 Å². The van der Waals surface area contributed by atoms with Crippen molar-refractivity contribution < 1.29 is 29.1 Å². The molecule has 4 amide bonds. The highest BCUT2D eigenvalue weighted by Crippen LogP contribution is 2.05. The molecule has 5 atom stereocenters. The van der Waals surface area contributed by atoms with E-state index in [9.17, 15) is 29.1 Å². The van der Waals surface area contributed by atoms with Crippen LogP contribution in [0, 0.1) is 5.92 Å². The lowest BCUT2D eigenvalue weighted by Gasteiger charge is -2.22. The third-order valence-electron chi connectivity index (χ3n) is 4.91. The molecule has 0 fully saturated rings. The van der Waals surface area contributed by atoms with Gasteiger partial charge in [0.15, 0.2) is 0 Å². The van der Waals surface area contributed by atoms with Crippen LogP contribution in [0.4, 0.5) is 0 Å². The number of hydrogen-bond acceptors (Lipinski definition) is 7. The molecule has 0 radical (unpaired) electrons. The van der Waals surface area contributed by atoms with Crippen LogP contribution >= 0.6 is 0 Å². The summed E-state index contributed by atoms with van der Waals surface area (Å²) >= 11 is 0. The first kappa shape index (κ1) is 28.6. The van der Waals surface area contributed by atoms with Crippen molar-refractivity contribution in [3.05, 3.63) is 18.2 Å². The van der Waals surface area contributed by atoms with Crippen molar-refractivity contribution in [2.75, 3.05) is 0 Å². The van der Waals surface area contributed by atoms with E-state index >= 15 is 0 Å². The number of imidazole rings is 1. The monoisotopic (exact) mass is 481 g/mol. The minimum Gasteiger partial charge on any atom is -0.480 e. The Morgan fingerprint density at radius 2 is 1.35 bits per heavy atom. The molecule has 0 aliphatic heterocycles. The van der Waals surface area contributed by atoms with Gasteiger partial charge in [-0.1, -0.05) is 13.8 Å². The van der Waals surface area contributed by atoms with E-state index in [-0.39, 0.29) is 18.8 Å². The zero-order valence-corrected chi connectivity index (χ0v) is 20.0. The molecule has 1 aromatic heterocycles. The summed E-state index contributed by atoms with van der Waals surface area (Å²) in [6.07, 6.45) is 3.45. The lowest BCUT2D eigenvalue weighted by atomic mass is 10.0. The van der Waals surface area contributed by atoms with E-state index in [1.54, 1.807) is 0 Å². The first-order valence-electron chi connectivity index (χ1n) is 11.0. The summed E-state index contributed by atoms with van der Waals surface area (Å²) in [5, 5.41) is 19.0. The van der Waals surface area contributed by atoms with E-state index in [0.717, 1.165) is 0 Å². The van der Waals surface area contributed by atoms with Crippen LogP contribution in [-0.2, 0) is 30.4 Å². The van der Waals surface area contributed by atoms with E-state index in [2.05, 4.69) is 31.2 Å². The summed E-state index contributed by atoms with van der Waals surface area (Å²) in [5.74, 6) is -3.60. The molecule has 0 aliphatic rings. The molecule has 0 aromatic carbocycles. The molecule has 190 valence electrons. The van der Waals surface area contributed by atoms with Gasteiger partial charge in [-0.05, 0) is 33.1 Å². The number of nitrogens with zero attached hydrogens (tertiary/aromatic N) is 1. The Morgan fingerprint density at radius 1 is 0.882 bits per heavy atom. The van der Waals surface area contributed by atoms with Crippen molar-refractivity contribution in [1.82, 2.24) is 31.2 Å². The van der Waals surface area contributed by atoms with Gasteiger partial charge >= 0.3 is 5.97 Å². The molecule has 0 saturated carbocycles. The van der Waals surface area contributed by atoms with Gasteiger partial charge in [0.05, 0.1) is 12.4 Å². The topological polar surface area (TPSA) is 208 Å². The molecule has 34 heavy (non-hydrogen) atoms. The summed E-state index contributed by atoms with van der Waals surface area (Å²) in [6, 6.07) is -5.00. The van der Waals surface area contributed by atoms with Crippen LogP contribution in [0.3, 0.4) is 0 Å². The molecular weight excluding hydrogens is 446 g/mol. The SMILES string of the molecule is CC(C)C[C@H](NC(=O)[C@H](C)NC(=O)[C@H](C)NC(=O)[C@H](C)NC(=O)[C@@H](N)Cc1cnc[nH]1)C(=O)O. The maximum Gasteiger partial charge on any atom is 0.326 e. The van der Waals surface area contributed by atoms with Gasteiger partial charge in [-0.2, -0.15) is 0 Å². The first-order chi connectivity index (χ1) is 15.8. The van der Waals surface area contributed by atoms with E-state index in [1.165, 1.54) is 33.3 Å². The lowest BCUT2D eigenvalue weighted by molar-refractivity contribution is -0.142. The van der Waals surface area contributed by atoms with Crippen LogP contribution in [-0.4, -0.2) is 74.9 Å². The summed E-state index contributed by atoms with van der Waals surface area (Å²) in [7, 11) is 0. The third-order valence-corrected chi connectivity index (χ3v) is 4.91. The quantitative estimate of drug-likeness (QED) is 0.174. The number of aromatic nitrogens is 2. The molecule has 1 heterocycles. The molecule has 1 rings (SSSR count). The predicted molar refractivity (Wildman–Crippen MR) is 122 cm³/mol. The Balaban J connectivity index is 2.52. The molecule has 0 saturated heterocycles. The minimum atomic E-state index is -1.17. The molecule has 1 aromatic rings. The van der Waals surface area contributed by atoms with Crippen LogP contribution in [0.25, 0.3) is 0 Å². The lowest BCUT2D eigenvalue weighted by Crippen LogP contribution is -2.56. The van der Waals surface area contributed by atoms with E-state index in [4.69, 9.17) is 5.73 Å². The zero-order valence-electron chi connectivity index (χ0n) is 20.0. The second-order valence-electron chi connectivity index (χ2n) is 8.61. The molecule has 0 unspecified atom stereocenters. The Kier molecular flexibility index (Phi) is 11.2. The van der Waals surface area contributed by atoms with Gasteiger partial charge in [-0.15, -0.1) is 0 Å². The molecular formula is C21H35N7O6. The fraction of sp³-hybridized carbons (Fsp3) is 0.619. The van der Waals surface area contributed by atoms with Gasteiger partial charge in [-0.25, -0.2) is 9.78 Å². The molecule has 13 nitrogen and oxygen atoms in total. The molecule has 0 spiro atoms. The summed E-state index contributed by atoms with van der Waals surface area (Å²) in [6.45, 7) is 7.91. The number of rotatable bonds is 13. The van der Waals surface area contributed by atoms with Crippen molar-refractivity contribution in [3.63, 3.8) is 0 Å². The van der Waals surface area contributed by atoms with E-state index in [0.29, 0.717) is 5.69 Å². The third kappa shape index (κ3) is 9.57. The number of nitrogens with one attached hydrogen (secondary N) is 5. The molecule has 13 heteroatoms. The van der Waals surface area contributed by atoms with Crippen LogP contribution in [0.15, 0.2) is 12.5 Å². The highest BCUT2D eigenvalue weighted by Gasteiger charge is 2.27. The predicted octanol–water partition coefficient (Wildman–Crippen LogP) is -1.59. The Morgan fingerprint density at radius 3 is 1.76 bits per heavy atom. The second-order valence-corrected chi connectivity index (χ2v) is 8.61. The molecule has 0 bridgehead atoms. The van der Waals surface area contributed by atoms with Crippen LogP contribution in [0.1, 0.15) is 46.7 Å². The van der Waals surface area contributed by atoms with Crippen molar-refractivity contribution in [2.24, 2.45) is 11.7 Å². The molecule has 8 N–H and O–H groups in total. The highest BCUT2D eigenvalue weighted by atomic mass is 16.4. The number of aromatic amines is 1. The average molecular weight is 482 g/mol. The van der Waals surface area contributed by atoms with Crippen molar-refractivity contribution in [3.8, 4) is 0 Å². The van der Waals surface area contributed by atoms with Crippen molar-refractivity contribution in [2.45, 2.75) is 77.7 Å². The number of nitrogens with two attached hydrogens (primary N) is 1. The maximum atomic E-state index is 12.4. The van der Waals surface area contributed by atoms with Gasteiger partial charge in [-0.3, -0.25) is 19.2 Å². The number of hydrogen-bond donors (Lipinski definition) is 7. The van der Waals surface area contributed by atoms with Crippen LogP contribution in [0.5, 0.6) is 0 Å². The zero-order chi connectivity index (χ0) is 26.0.